The van der Waals surface area contributed by atoms with Gasteiger partial charge in [0.1, 0.15) is 0 Å². The largest absolute Gasteiger partial charge is 0.339 e. The van der Waals surface area contributed by atoms with Gasteiger partial charge in [0.15, 0.2) is 5.82 Å². The van der Waals surface area contributed by atoms with Gasteiger partial charge in [-0.15, -0.1) is 0 Å². The predicted molar refractivity (Wildman–Crippen MR) is 65.3 cm³/mol. The van der Waals surface area contributed by atoms with Crippen molar-refractivity contribution < 1.29 is 4.52 Å². The second-order valence-electron chi connectivity index (χ2n) is 3.97. The molecule has 0 amide bonds. The monoisotopic (exact) mass is 280 g/mol. The number of rotatable bonds is 3. The highest BCUT2D eigenvalue weighted by molar-refractivity contribution is 9.10. The fourth-order valence-corrected chi connectivity index (χ4v) is 1.80. The summed E-state index contributed by atoms with van der Waals surface area (Å²) < 4.78 is 6.27. The molecule has 0 N–H and O–H groups in total. The van der Waals surface area contributed by atoms with Gasteiger partial charge in [-0.3, -0.25) is 0 Å². The summed E-state index contributed by atoms with van der Waals surface area (Å²) in [5.74, 6) is 1.73. The highest BCUT2D eigenvalue weighted by Gasteiger charge is 2.10. The van der Waals surface area contributed by atoms with Crippen molar-refractivity contribution in [2.24, 2.45) is 0 Å². The van der Waals surface area contributed by atoms with Crippen LogP contribution in [0.25, 0.3) is 0 Å². The maximum absolute atomic E-state index is 5.20. The van der Waals surface area contributed by atoms with Gasteiger partial charge in [0.05, 0.1) is 6.42 Å². The molecule has 2 rings (SSSR count). The highest BCUT2D eigenvalue weighted by Crippen LogP contribution is 2.19. The quantitative estimate of drug-likeness (QED) is 0.863. The molecule has 0 aliphatic rings. The van der Waals surface area contributed by atoms with Crippen LogP contribution in [0.1, 0.15) is 37.0 Å². The first-order chi connectivity index (χ1) is 7.66. The van der Waals surface area contributed by atoms with Crippen molar-refractivity contribution >= 4 is 15.9 Å². The summed E-state index contributed by atoms with van der Waals surface area (Å²) in [4.78, 5) is 4.35. The van der Waals surface area contributed by atoms with Crippen LogP contribution in [-0.2, 0) is 6.42 Å². The van der Waals surface area contributed by atoms with Crippen molar-refractivity contribution in [2.75, 3.05) is 0 Å². The summed E-state index contributed by atoms with van der Waals surface area (Å²) in [6, 6.07) is 8.04. The SMILES string of the molecule is CC(C)c1noc(Cc2ccccc2Br)n1. The minimum Gasteiger partial charge on any atom is -0.339 e. The topological polar surface area (TPSA) is 38.9 Å². The Morgan fingerprint density at radius 1 is 1.31 bits per heavy atom. The number of benzene rings is 1. The maximum Gasteiger partial charge on any atom is 0.231 e. The van der Waals surface area contributed by atoms with Crippen LogP contribution in [0.4, 0.5) is 0 Å². The highest BCUT2D eigenvalue weighted by atomic mass is 79.9. The minimum atomic E-state index is 0.303. The summed E-state index contributed by atoms with van der Waals surface area (Å²) in [7, 11) is 0. The van der Waals surface area contributed by atoms with Gasteiger partial charge in [0.2, 0.25) is 5.89 Å². The maximum atomic E-state index is 5.20. The van der Waals surface area contributed by atoms with Crippen molar-refractivity contribution in [1.82, 2.24) is 10.1 Å². The molecule has 1 heterocycles. The molecule has 0 aliphatic carbocycles. The smallest absolute Gasteiger partial charge is 0.231 e. The van der Waals surface area contributed by atoms with E-state index in [1.807, 2.05) is 38.1 Å². The zero-order valence-electron chi connectivity index (χ0n) is 9.27. The Bertz CT molecular complexity index is 479. The van der Waals surface area contributed by atoms with E-state index in [-0.39, 0.29) is 0 Å². The van der Waals surface area contributed by atoms with E-state index in [1.54, 1.807) is 0 Å². The summed E-state index contributed by atoms with van der Waals surface area (Å²) in [5.41, 5.74) is 1.15. The Labute approximate surface area is 103 Å². The van der Waals surface area contributed by atoms with E-state index >= 15 is 0 Å². The van der Waals surface area contributed by atoms with E-state index < -0.39 is 0 Å². The van der Waals surface area contributed by atoms with Crippen molar-refractivity contribution in [1.29, 1.82) is 0 Å². The normalized spacial score (nSPS) is 11.0. The zero-order chi connectivity index (χ0) is 11.5. The van der Waals surface area contributed by atoms with E-state index in [0.29, 0.717) is 18.2 Å². The van der Waals surface area contributed by atoms with Gasteiger partial charge in [-0.2, -0.15) is 4.98 Å². The van der Waals surface area contributed by atoms with Crippen LogP contribution in [0.5, 0.6) is 0 Å². The molecule has 0 fully saturated rings. The van der Waals surface area contributed by atoms with Crippen LogP contribution < -0.4 is 0 Å². The molecule has 1 aromatic carbocycles. The van der Waals surface area contributed by atoms with Crippen molar-refractivity contribution in [3.8, 4) is 0 Å². The molecule has 0 bridgehead atoms. The molecule has 84 valence electrons. The Kier molecular flexibility index (Phi) is 3.39. The molecule has 0 spiro atoms. The second-order valence-corrected chi connectivity index (χ2v) is 4.82. The molecular weight excluding hydrogens is 268 g/mol. The van der Waals surface area contributed by atoms with Crippen LogP contribution in [0.15, 0.2) is 33.3 Å². The van der Waals surface area contributed by atoms with Crippen LogP contribution in [-0.4, -0.2) is 10.1 Å². The van der Waals surface area contributed by atoms with E-state index in [1.165, 1.54) is 0 Å². The van der Waals surface area contributed by atoms with Gasteiger partial charge < -0.3 is 4.52 Å². The summed E-state index contributed by atoms with van der Waals surface area (Å²) >= 11 is 3.50. The summed E-state index contributed by atoms with van der Waals surface area (Å²) in [6.07, 6.45) is 0.668. The summed E-state index contributed by atoms with van der Waals surface area (Å²) in [6.45, 7) is 4.10. The Balaban J connectivity index is 2.18. The first kappa shape index (κ1) is 11.3. The lowest BCUT2D eigenvalue weighted by Gasteiger charge is -1.99. The molecular formula is C12H13BrN2O. The lowest BCUT2D eigenvalue weighted by molar-refractivity contribution is 0.377. The van der Waals surface area contributed by atoms with Gasteiger partial charge >= 0.3 is 0 Å². The number of aromatic nitrogens is 2. The first-order valence-electron chi connectivity index (χ1n) is 5.22. The third kappa shape index (κ3) is 2.50. The summed E-state index contributed by atoms with van der Waals surface area (Å²) in [5, 5.41) is 3.94. The zero-order valence-corrected chi connectivity index (χ0v) is 10.9. The number of hydrogen-bond acceptors (Lipinski definition) is 3. The Hall–Kier alpha value is -1.16. The number of nitrogens with zero attached hydrogens (tertiary/aromatic N) is 2. The standard InChI is InChI=1S/C12H13BrN2O/c1-8(2)12-14-11(16-15-12)7-9-5-3-4-6-10(9)13/h3-6,8H,7H2,1-2H3. The predicted octanol–water partition coefficient (Wildman–Crippen LogP) is 3.55. The molecule has 0 aliphatic heterocycles. The van der Waals surface area contributed by atoms with Crippen molar-refractivity contribution in [2.45, 2.75) is 26.2 Å². The van der Waals surface area contributed by atoms with E-state index in [0.717, 1.165) is 15.9 Å². The molecule has 0 atom stereocenters. The minimum absolute atomic E-state index is 0.303. The lowest BCUT2D eigenvalue weighted by Crippen LogP contribution is -1.92. The average molecular weight is 281 g/mol. The molecule has 0 unspecified atom stereocenters. The molecule has 4 heteroatoms. The molecule has 1 aromatic heterocycles. The Morgan fingerprint density at radius 2 is 2.06 bits per heavy atom. The van der Waals surface area contributed by atoms with Crippen molar-refractivity contribution in [3.63, 3.8) is 0 Å². The van der Waals surface area contributed by atoms with Gasteiger partial charge in [-0.25, -0.2) is 0 Å². The van der Waals surface area contributed by atoms with Gasteiger partial charge in [-0.05, 0) is 11.6 Å². The fraction of sp³-hybridized carbons (Fsp3) is 0.333. The average Bonchev–Trinajstić information content (AvgIpc) is 2.70. The Morgan fingerprint density at radius 3 is 2.69 bits per heavy atom. The van der Waals surface area contributed by atoms with Crippen molar-refractivity contribution in [3.05, 3.63) is 46.0 Å². The van der Waals surface area contributed by atoms with E-state index in [4.69, 9.17) is 4.52 Å². The van der Waals surface area contributed by atoms with Crippen LogP contribution in [0, 0.1) is 0 Å². The fourth-order valence-electron chi connectivity index (χ4n) is 1.38. The van der Waals surface area contributed by atoms with E-state index in [2.05, 4.69) is 26.1 Å². The molecule has 0 saturated carbocycles. The number of hydrogen-bond donors (Lipinski definition) is 0. The molecule has 2 aromatic rings. The molecule has 0 radical (unpaired) electrons. The van der Waals surface area contributed by atoms with Gasteiger partial charge in [0, 0.05) is 10.4 Å². The third-order valence-electron chi connectivity index (χ3n) is 2.30. The van der Waals surface area contributed by atoms with Gasteiger partial charge in [-0.1, -0.05) is 53.1 Å². The lowest BCUT2D eigenvalue weighted by atomic mass is 10.1. The van der Waals surface area contributed by atoms with Crippen LogP contribution in [0.2, 0.25) is 0 Å². The molecule has 0 saturated heterocycles. The third-order valence-corrected chi connectivity index (χ3v) is 3.07. The van der Waals surface area contributed by atoms with Gasteiger partial charge in [0.25, 0.3) is 0 Å². The van der Waals surface area contributed by atoms with Crippen LogP contribution in [0.3, 0.4) is 0 Å². The number of halogens is 1. The van der Waals surface area contributed by atoms with E-state index in [9.17, 15) is 0 Å². The van der Waals surface area contributed by atoms with Crippen LogP contribution >= 0.6 is 15.9 Å². The molecule has 3 nitrogen and oxygen atoms in total. The first-order valence-corrected chi connectivity index (χ1v) is 6.02. The second kappa shape index (κ2) is 4.78. The molecule has 16 heavy (non-hydrogen) atoms.